The Kier molecular flexibility index (Phi) is 6.13. The summed E-state index contributed by atoms with van der Waals surface area (Å²) in [6.45, 7) is 4.47. The van der Waals surface area contributed by atoms with E-state index in [2.05, 4.69) is 29.4 Å². The average Bonchev–Trinajstić information content (AvgIpc) is 3.26. The summed E-state index contributed by atoms with van der Waals surface area (Å²) < 4.78 is 10.6. The molecule has 0 aliphatic carbocycles. The fourth-order valence-electron chi connectivity index (χ4n) is 3.07. The van der Waals surface area contributed by atoms with E-state index in [0.717, 1.165) is 11.4 Å². The molecule has 0 bridgehead atoms. The fraction of sp³-hybridized carbons (Fsp3) is 0.474. The van der Waals surface area contributed by atoms with E-state index in [0.29, 0.717) is 28.2 Å². The SMILES string of the molecule is COc1ccc(OC)c(N2C[C@@H](C(=O)Nc3nnc(CC(C)C)s3)CC2=O)c1. The van der Waals surface area contributed by atoms with Crippen molar-refractivity contribution < 1.29 is 19.1 Å². The second-order valence-corrected chi connectivity index (χ2v) is 8.09. The standard InChI is InChI=1S/C19H24N4O4S/c1-11(2)7-16-21-22-19(28-16)20-18(25)12-8-17(24)23(10-12)14-9-13(26-3)5-6-15(14)27-4/h5-6,9,11-12H,7-8,10H2,1-4H3,(H,20,22,25)/t12-/m0/s1. The number of nitrogens with zero attached hydrogens (tertiary/aromatic N) is 3. The summed E-state index contributed by atoms with van der Waals surface area (Å²) in [6, 6.07) is 5.24. The molecule has 1 atom stereocenters. The van der Waals surface area contributed by atoms with Gasteiger partial charge in [0.15, 0.2) is 0 Å². The van der Waals surface area contributed by atoms with Gasteiger partial charge in [-0.1, -0.05) is 25.2 Å². The Morgan fingerprint density at radius 1 is 1.32 bits per heavy atom. The van der Waals surface area contributed by atoms with Gasteiger partial charge in [-0.25, -0.2) is 0 Å². The highest BCUT2D eigenvalue weighted by atomic mass is 32.1. The highest BCUT2D eigenvalue weighted by Gasteiger charge is 2.36. The van der Waals surface area contributed by atoms with E-state index in [-0.39, 0.29) is 24.8 Å². The summed E-state index contributed by atoms with van der Waals surface area (Å²) in [4.78, 5) is 26.8. The maximum Gasteiger partial charge on any atom is 0.231 e. The van der Waals surface area contributed by atoms with Gasteiger partial charge in [0.25, 0.3) is 0 Å². The number of carbonyl (C=O) groups excluding carboxylic acids is 2. The molecule has 1 fully saturated rings. The van der Waals surface area contributed by atoms with Crippen molar-refractivity contribution in [2.75, 3.05) is 31.0 Å². The molecular weight excluding hydrogens is 380 g/mol. The number of amides is 2. The fourth-order valence-corrected chi connectivity index (χ4v) is 4.02. The van der Waals surface area contributed by atoms with E-state index >= 15 is 0 Å². The van der Waals surface area contributed by atoms with E-state index in [4.69, 9.17) is 9.47 Å². The van der Waals surface area contributed by atoms with Gasteiger partial charge in [-0.3, -0.25) is 9.59 Å². The summed E-state index contributed by atoms with van der Waals surface area (Å²) in [6.07, 6.45) is 0.947. The minimum atomic E-state index is -0.471. The van der Waals surface area contributed by atoms with Gasteiger partial charge in [-0.15, -0.1) is 10.2 Å². The molecule has 0 saturated carbocycles. The quantitative estimate of drug-likeness (QED) is 0.763. The zero-order valence-electron chi connectivity index (χ0n) is 16.4. The first-order valence-electron chi connectivity index (χ1n) is 9.07. The van der Waals surface area contributed by atoms with Crippen LogP contribution in [-0.2, 0) is 16.0 Å². The zero-order chi connectivity index (χ0) is 20.3. The molecule has 150 valence electrons. The van der Waals surface area contributed by atoms with Crippen molar-refractivity contribution in [2.24, 2.45) is 11.8 Å². The molecule has 1 aromatic carbocycles. The van der Waals surface area contributed by atoms with Crippen molar-refractivity contribution in [3.8, 4) is 11.5 Å². The molecule has 0 unspecified atom stereocenters. The molecule has 28 heavy (non-hydrogen) atoms. The first kappa shape index (κ1) is 20.1. The van der Waals surface area contributed by atoms with Crippen molar-refractivity contribution in [3.63, 3.8) is 0 Å². The lowest BCUT2D eigenvalue weighted by Crippen LogP contribution is -2.28. The molecule has 3 rings (SSSR count). The van der Waals surface area contributed by atoms with Crippen LogP contribution in [0.15, 0.2) is 18.2 Å². The molecule has 1 aromatic heterocycles. The van der Waals surface area contributed by atoms with Crippen LogP contribution >= 0.6 is 11.3 Å². The van der Waals surface area contributed by atoms with E-state index in [1.165, 1.54) is 11.3 Å². The summed E-state index contributed by atoms with van der Waals surface area (Å²) in [5.74, 6) is 0.798. The van der Waals surface area contributed by atoms with Crippen LogP contribution in [0.5, 0.6) is 11.5 Å². The number of ether oxygens (including phenoxy) is 2. The summed E-state index contributed by atoms with van der Waals surface area (Å²) in [5.41, 5.74) is 0.595. The van der Waals surface area contributed by atoms with Crippen LogP contribution in [0.1, 0.15) is 25.3 Å². The molecule has 2 aromatic rings. The predicted octanol–water partition coefficient (Wildman–Crippen LogP) is 2.75. The van der Waals surface area contributed by atoms with Crippen LogP contribution in [-0.4, -0.2) is 42.8 Å². The Bertz CT molecular complexity index is 867. The topological polar surface area (TPSA) is 93.7 Å². The summed E-state index contributed by atoms with van der Waals surface area (Å²) in [5, 5.41) is 12.3. The Morgan fingerprint density at radius 3 is 2.79 bits per heavy atom. The average molecular weight is 404 g/mol. The molecule has 1 saturated heterocycles. The molecule has 1 aliphatic rings. The predicted molar refractivity (Wildman–Crippen MR) is 107 cm³/mol. The molecule has 1 aliphatic heterocycles. The van der Waals surface area contributed by atoms with Gasteiger partial charge in [0.05, 0.1) is 25.8 Å². The van der Waals surface area contributed by atoms with Crippen LogP contribution in [0.4, 0.5) is 10.8 Å². The van der Waals surface area contributed by atoms with Gasteiger partial charge in [-0.05, 0) is 18.1 Å². The number of aromatic nitrogens is 2. The summed E-state index contributed by atoms with van der Waals surface area (Å²) in [7, 11) is 3.10. The number of hydrogen-bond donors (Lipinski definition) is 1. The minimum Gasteiger partial charge on any atom is -0.497 e. The largest absolute Gasteiger partial charge is 0.497 e. The van der Waals surface area contributed by atoms with E-state index in [1.807, 2.05) is 0 Å². The van der Waals surface area contributed by atoms with Gasteiger partial charge < -0.3 is 19.7 Å². The van der Waals surface area contributed by atoms with Gasteiger partial charge in [0, 0.05) is 25.5 Å². The van der Waals surface area contributed by atoms with Crippen molar-refractivity contribution in [3.05, 3.63) is 23.2 Å². The lowest BCUT2D eigenvalue weighted by molar-refractivity contribution is -0.122. The molecule has 1 N–H and O–H groups in total. The van der Waals surface area contributed by atoms with Crippen molar-refractivity contribution >= 4 is 34.0 Å². The van der Waals surface area contributed by atoms with Crippen LogP contribution in [0.2, 0.25) is 0 Å². The molecule has 2 heterocycles. The Balaban J connectivity index is 1.70. The highest BCUT2D eigenvalue weighted by molar-refractivity contribution is 7.15. The van der Waals surface area contributed by atoms with E-state index in [1.54, 1.807) is 37.3 Å². The first-order chi connectivity index (χ1) is 13.4. The molecule has 9 heteroatoms. The van der Waals surface area contributed by atoms with E-state index in [9.17, 15) is 9.59 Å². The zero-order valence-corrected chi connectivity index (χ0v) is 17.2. The number of nitrogens with one attached hydrogen (secondary N) is 1. The van der Waals surface area contributed by atoms with Crippen LogP contribution < -0.4 is 19.7 Å². The third kappa shape index (κ3) is 4.41. The Morgan fingerprint density at radius 2 is 2.11 bits per heavy atom. The van der Waals surface area contributed by atoms with Gasteiger partial charge in [0.1, 0.15) is 16.5 Å². The number of carbonyl (C=O) groups is 2. The molecule has 0 spiro atoms. The Hall–Kier alpha value is -2.68. The minimum absolute atomic E-state index is 0.129. The molecule has 0 radical (unpaired) electrons. The van der Waals surface area contributed by atoms with Gasteiger partial charge in [0.2, 0.25) is 16.9 Å². The number of rotatable bonds is 7. The lowest BCUT2D eigenvalue weighted by Gasteiger charge is -2.20. The van der Waals surface area contributed by atoms with Crippen LogP contribution in [0.3, 0.4) is 0 Å². The maximum absolute atomic E-state index is 12.6. The van der Waals surface area contributed by atoms with Gasteiger partial charge in [-0.2, -0.15) is 0 Å². The van der Waals surface area contributed by atoms with Crippen molar-refractivity contribution in [1.82, 2.24) is 10.2 Å². The molecule has 8 nitrogen and oxygen atoms in total. The summed E-state index contributed by atoms with van der Waals surface area (Å²) >= 11 is 1.37. The normalized spacial score (nSPS) is 16.5. The number of benzene rings is 1. The van der Waals surface area contributed by atoms with Crippen LogP contribution in [0.25, 0.3) is 0 Å². The smallest absolute Gasteiger partial charge is 0.231 e. The van der Waals surface area contributed by atoms with Gasteiger partial charge >= 0.3 is 0 Å². The maximum atomic E-state index is 12.6. The highest BCUT2D eigenvalue weighted by Crippen LogP contribution is 2.36. The monoisotopic (exact) mass is 404 g/mol. The van der Waals surface area contributed by atoms with E-state index < -0.39 is 5.92 Å². The second kappa shape index (κ2) is 8.55. The lowest BCUT2D eigenvalue weighted by atomic mass is 10.1. The molecule has 2 amide bonds. The number of methoxy groups -OCH3 is 2. The third-order valence-corrected chi connectivity index (χ3v) is 5.31. The van der Waals surface area contributed by atoms with Crippen LogP contribution in [0, 0.1) is 11.8 Å². The number of anilines is 2. The third-order valence-electron chi connectivity index (χ3n) is 4.45. The first-order valence-corrected chi connectivity index (χ1v) is 9.88. The van der Waals surface area contributed by atoms with Crippen molar-refractivity contribution in [2.45, 2.75) is 26.7 Å². The second-order valence-electron chi connectivity index (χ2n) is 7.03. The number of hydrogen-bond acceptors (Lipinski definition) is 7. The van der Waals surface area contributed by atoms with Crippen molar-refractivity contribution in [1.29, 1.82) is 0 Å². The molecular formula is C19H24N4O4S. The Labute approximate surface area is 167 Å².